The van der Waals surface area contributed by atoms with Gasteiger partial charge in [-0.25, -0.2) is 9.59 Å². The molecule has 8 nitrogen and oxygen atoms in total. The maximum atomic E-state index is 13.9. The molecule has 3 aliphatic carbocycles. The summed E-state index contributed by atoms with van der Waals surface area (Å²) in [5, 5.41) is 0. The minimum absolute atomic E-state index is 0.241. The molecular formula is C36H26BrNO7. The second-order valence-corrected chi connectivity index (χ2v) is 12.4. The zero-order valence-corrected chi connectivity index (χ0v) is 25.6. The molecule has 4 aromatic rings. The molecule has 0 spiro atoms. The zero-order chi connectivity index (χ0) is 31.4. The van der Waals surface area contributed by atoms with E-state index in [1.54, 1.807) is 24.3 Å². The van der Waals surface area contributed by atoms with Crippen molar-refractivity contribution < 1.29 is 33.4 Å². The maximum Gasteiger partial charge on any atom is 0.343 e. The molecule has 1 aliphatic heterocycles. The number of ether oxygens (including phenoxy) is 2. The Hall–Kier alpha value is -4.89. The van der Waals surface area contributed by atoms with Crippen LogP contribution >= 0.6 is 15.9 Å². The average Bonchev–Trinajstić information content (AvgIpc) is 3.33. The van der Waals surface area contributed by atoms with Crippen molar-refractivity contribution in [3.8, 4) is 5.75 Å². The van der Waals surface area contributed by atoms with E-state index in [9.17, 15) is 24.0 Å². The minimum atomic E-state index is -1.20. The molecule has 0 radical (unpaired) electrons. The molecule has 45 heavy (non-hydrogen) atoms. The summed E-state index contributed by atoms with van der Waals surface area (Å²) in [4.78, 5) is 67.1. The van der Waals surface area contributed by atoms with Crippen LogP contribution < -0.4 is 4.74 Å². The summed E-state index contributed by atoms with van der Waals surface area (Å²) < 4.78 is 11.5. The van der Waals surface area contributed by atoms with Gasteiger partial charge in [0.2, 0.25) is 11.8 Å². The number of ketones is 1. The molecule has 4 aliphatic rings. The number of nitrogens with zero attached hydrogens (tertiary/aromatic N) is 1. The summed E-state index contributed by atoms with van der Waals surface area (Å²) in [5.41, 5.74) is 4.78. The Morgan fingerprint density at radius 2 is 1.18 bits per heavy atom. The van der Waals surface area contributed by atoms with E-state index in [2.05, 4.69) is 15.9 Å². The maximum absolute atomic E-state index is 13.9. The number of carbonyl (C=O) groups is 5. The standard InChI is InChI=1S/C36H26BrNO7/c1-19(35(42)44-18-28(39)20-12-16-23(17-13-20)45-36(43)21-10-14-22(37)15-11-21)38-33(40)31-29-24-6-2-3-7-25(24)30(32(31)34(38)41)27-9-5-4-8-26(27)29/h2-17,19,29-32H,18H2,1H3. The van der Waals surface area contributed by atoms with Gasteiger partial charge in [0.1, 0.15) is 11.8 Å². The number of carbonyl (C=O) groups excluding carboxylic acids is 5. The predicted molar refractivity (Wildman–Crippen MR) is 166 cm³/mol. The number of benzene rings is 4. The minimum Gasteiger partial charge on any atom is -0.456 e. The smallest absolute Gasteiger partial charge is 0.343 e. The van der Waals surface area contributed by atoms with Crippen LogP contribution in [-0.2, 0) is 19.1 Å². The third-order valence-electron chi connectivity index (χ3n) is 9.02. The molecule has 1 fully saturated rings. The van der Waals surface area contributed by atoms with Gasteiger partial charge < -0.3 is 9.47 Å². The SMILES string of the molecule is CC(C(=O)OCC(=O)c1ccc(OC(=O)c2ccc(Br)cc2)cc1)N1C(=O)C2C3c4ccccc4C(c4ccccc43)C2C1=O. The summed E-state index contributed by atoms with van der Waals surface area (Å²) in [6.07, 6.45) is 0. The molecular weight excluding hydrogens is 638 g/mol. The van der Waals surface area contributed by atoms with Crippen LogP contribution in [0.1, 0.15) is 61.7 Å². The molecule has 3 unspecified atom stereocenters. The van der Waals surface area contributed by atoms with Crippen LogP contribution in [0.2, 0.25) is 0 Å². The highest BCUT2D eigenvalue weighted by molar-refractivity contribution is 9.10. The number of amides is 2. The van der Waals surface area contributed by atoms with E-state index in [-0.39, 0.29) is 23.1 Å². The van der Waals surface area contributed by atoms with E-state index < -0.39 is 54.0 Å². The van der Waals surface area contributed by atoms with Gasteiger partial charge in [0.25, 0.3) is 0 Å². The molecule has 2 amide bonds. The largest absolute Gasteiger partial charge is 0.456 e. The van der Waals surface area contributed by atoms with E-state index in [1.807, 2.05) is 48.5 Å². The van der Waals surface area contributed by atoms with E-state index >= 15 is 0 Å². The molecule has 224 valence electrons. The fourth-order valence-electron chi connectivity index (χ4n) is 6.99. The van der Waals surface area contributed by atoms with Gasteiger partial charge >= 0.3 is 11.9 Å². The number of imide groups is 1. The van der Waals surface area contributed by atoms with Crippen molar-refractivity contribution in [2.75, 3.05) is 6.61 Å². The van der Waals surface area contributed by atoms with Crippen molar-refractivity contribution in [3.63, 3.8) is 0 Å². The van der Waals surface area contributed by atoms with Crippen LogP contribution in [-0.4, -0.2) is 47.1 Å². The number of esters is 2. The monoisotopic (exact) mass is 663 g/mol. The number of halogens is 1. The van der Waals surface area contributed by atoms with E-state index in [4.69, 9.17) is 9.47 Å². The lowest BCUT2D eigenvalue weighted by Crippen LogP contribution is -2.45. The van der Waals surface area contributed by atoms with E-state index in [0.717, 1.165) is 31.6 Å². The molecule has 4 aromatic carbocycles. The van der Waals surface area contributed by atoms with Gasteiger partial charge in [0, 0.05) is 21.9 Å². The van der Waals surface area contributed by atoms with Crippen molar-refractivity contribution in [1.82, 2.24) is 4.90 Å². The molecule has 9 heteroatoms. The van der Waals surface area contributed by atoms with Gasteiger partial charge in [-0.1, -0.05) is 64.5 Å². The average molecular weight is 665 g/mol. The quantitative estimate of drug-likeness (QED) is 0.108. The summed E-state index contributed by atoms with van der Waals surface area (Å²) in [6.45, 7) is 0.878. The first-order chi connectivity index (χ1) is 21.7. The Balaban J connectivity index is 1.02. The number of Topliss-reactive ketones (excluding diaryl/α,β-unsaturated/α-hetero) is 1. The molecule has 2 bridgehead atoms. The van der Waals surface area contributed by atoms with Crippen molar-refractivity contribution in [2.45, 2.75) is 24.8 Å². The van der Waals surface area contributed by atoms with Crippen LogP contribution in [0.25, 0.3) is 0 Å². The van der Waals surface area contributed by atoms with Crippen molar-refractivity contribution in [2.24, 2.45) is 11.8 Å². The van der Waals surface area contributed by atoms with Crippen LogP contribution in [0.4, 0.5) is 0 Å². The molecule has 0 aromatic heterocycles. The molecule has 3 atom stereocenters. The molecule has 1 saturated heterocycles. The third kappa shape index (κ3) is 4.78. The van der Waals surface area contributed by atoms with Crippen LogP contribution in [0, 0.1) is 11.8 Å². The van der Waals surface area contributed by atoms with Crippen molar-refractivity contribution in [3.05, 3.63) is 135 Å². The number of hydrogen-bond donors (Lipinski definition) is 0. The topological polar surface area (TPSA) is 107 Å². The number of rotatable bonds is 7. The summed E-state index contributed by atoms with van der Waals surface area (Å²) in [7, 11) is 0. The zero-order valence-electron chi connectivity index (χ0n) is 24.0. The lowest BCUT2D eigenvalue weighted by Gasteiger charge is -2.45. The van der Waals surface area contributed by atoms with E-state index in [1.165, 1.54) is 31.2 Å². The molecule has 1 heterocycles. The lowest BCUT2D eigenvalue weighted by molar-refractivity contribution is -0.157. The summed E-state index contributed by atoms with van der Waals surface area (Å²) in [6, 6.07) is 27.2. The van der Waals surface area contributed by atoms with Crippen LogP contribution in [0.15, 0.2) is 102 Å². The van der Waals surface area contributed by atoms with Gasteiger partial charge in [-0.15, -0.1) is 0 Å². The van der Waals surface area contributed by atoms with E-state index in [0.29, 0.717) is 5.56 Å². The second kappa shape index (κ2) is 11.2. The highest BCUT2D eigenvalue weighted by Crippen LogP contribution is 2.61. The summed E-state index contributed by atoms with van der Waals surface area (Å²) in [5.74, 6) is -4.20. The number of hydrogen-bond acceptors (Lipinski definition) is 7. The Kier molecular flexibility index (Phi) is 7.20. The van der Waals surface area contributed by atoms with Crippen LogP contribution in [0.5, 0.6) is 5.75 Å². The van der Waals surface area contributed by atoms with Gasteiger partial charge in [-0.3, -0.25) is 19.3 Å². The molecule has 0 N–H and O–H groups in total. The summed E-state index contributed by atoms with van der Waals surface area (Å²) >= 11 is 3.32. The Bertz CT molecular complexity index is 1770. The Morgan fingerprint density at radius 1 is 0.711 bits per heavy atom. The third-order valence-corrected chi connectivity index (χ3v) is 9.55. The highest BCUT2D eigenvalue weighted by Gasteiger charge is 2.62. The highest BCUT2D eigenvalue weighted by atomic mass is 79.9. The second-order valence-electron chi connectivity index (χ2n) is 11.4. The normalized spacial score (nSPS) is 21.4. The van der Waals surface area contributed by atoms with Gasteiger partial charge in [-0.05, 0) is 77.7 Å². The predicted octanol–water partition coefficient (Wildman–Crippen LogP) is 5.67. The first kappa shape index (κ1) is 28.9. The Morgan fingerprint density at radius 3 is 1.67 bits per heavy atom. The lowest BCUT2D eigenvalue weighted by atomic mass is 9.55. The fourth-order valence-corrected chi connectivity index (χ4v) is 7.25. The molecule has 0 saturated carbocycles. The fraction of sp³-hybridized carbons (Fsp3) is 0.194. The van der Waals surface area contributed by atoms with Crippen molar-refractivity contribution in [1.29, 1.82) is 0 Å². The van der Waals surface area contributed by atoms with Gasteiger partial charge in [0.15, 0.2) is 12.4 Å². The van der Waals surface area contributed by atoms with Gasteiger partial charge in [-0.2, -0.15) is 0 Å². The Labute approximate surface area is 267 Å². The van der Waals surface area contributed by atoms with Crippen LogP contribution in [0.3, 0.4) is 0 Å². The first-order valence-electron chi connectivity index (χ1n) is 14.6. The van der Waals surface area contributed by atoms with Crippen molar-refractivity contribution >= 4 is 45.5 Å². The van der Waals surface area contributed by atoms with Gasteiger partial charge in [0.05, 0.1) is 17.4 Å². The molecule has 8 rings (SSSR count). The first-order valence-corrected chi connectivity index (χ1v) is 15.4. The number of likely N-dealkylation sites (tertiary alicyclic amines) is 1.